The molecule has 0 aromatic heterocycles. The molecule has 3 unspecified atom stereocenters. The predicted molar refractivity (Wildman–Crippen MR) is 67.9 cm³/mol. The Balaban J connectivity index is 1.65. The number of rotatable bonds is 3. The van der Waals surface area contributed by atoms with E-state index in [1.165, 1.54) is 19.3 Å². The van der Waals surface area contributed by atoms with Crippen molar-refractivity contribution in [3.05, 3.63) is 29.8 Å². The van der Waals surface area contributed by atoms with E-state index in [4.69, 9.17) is 10.5 Å². The summed E-state index contributed by atoms with van der Waals surface area (Å²) in [5.41, 5.74) is 6.74. The maximum Gasteiger partial charge on any atom is 0.119 e. The lowest BCUT2D eigenvalue weighted by Crippen LogP contribution is -2.31. The first-order valence-corrected chi connectivity index (χ1v) is 6.54. The van der Waals surface area contributed by atoms with Gasteiger partial charge in [0.2, 0.25) is 0 Å². The van der Waals surface area contributed by atoms with Crippen molar-refractivity contribution < 1.29 is 4.74 Å². The fourth-order valence-corrected chi connectivity index (χ4v) is 2.99. The summed E-state index contributed by atoms with van der Waals surface area (Å²) in [4.78, 5) is 0. The number of ether oxygens (including phenoxy) is 1. The van der Waals surface area contributed by atoms with Crippen LogP contribution in [0.3, 0.4) is 0 Å². The van der Waals surface area contributed by atoms with Crippen molar-refractivity contribution in [2.45, 2.75) is 38.0 Å². The molecule has 1 saturated heterocycles. The van der Waals surface area contributed by atoms with Gasteiger partial charge in [-0.2, -0.15) is 0 Å². The summed E-state index contributed by atoms with van der Waals surface area (Å²) in [5, 5.41) is 3.56. The number of hydrogen-bond acceptors (Lipinski definition) is 3. The molecule has 1 aromatic carbocycles. The molecule has 3 N–H and O–H groups in total. The molecule has 17 heavy (non-hydrogen) atoms. The van der Waals surface area contributed by atoms with E-state index >= 15 is 0 Å². The summed E-state index contributed by atoms with van der Waals surface area (Å²) < 4.78 is 6.10. The maximum atomic E-state index is 6.10. The monoisotopic (exact) mass is 232 g/mol. The van der Waals surface area contributed by atoms with Crippen molar-refractivity contribution in [2.24, 2.45) is 11.7 Å². The fraction of sp³-hybridized carbons (Fsp3) is 0.571. The van der Waals surface area contributed by atoms with Crippen LogP contribution in [0.25, 0.3) is 0 Å². The van der Waals surface area contributed by atoms with Crippen LogP contribution < -0.4 is 15.8 Å². The molecule has 3 atom stereocenters. The quantitative estimate of drug-likeness (QED) is 0.833. The first-order chi connectivity index (χ1) is 8.35. The third-order valence-corrected chi connectivity index (χ3v) is 4.03. The summed E-state index contributed by atoms with van der Waals surface area (Å²) >= 11 is 0. The van der Waals surface area contributed by atoms with Gasteiger partial charge in [0, 0.05) is 25.0 Å². The molecule has 3 nitrogen and oxygen atoms in total. The summed E-state index contributed by atoms with van der Waals surface area (Å²) in [6.45, 7) is 1.72. The lowest BCUT2D eigenvalue weighted by atomic mass is 9.87. The summed E-state index contributed by atoms with van der Waals surface area (Å²) in [6, 6.07) is 8.93. The van der Waals surface area contributed by atoms with Crippen LogP contribution in [0.5, 0.6) is 5.75 Å². The van der Waals surface area contributed by atoms with Gasteiger partial charge in [-0.15, -0.1) is 0 Å². The van der Waals surface area contributed by atoms with Crippen molar-refractivity contribution in [2.75, 3.05) is 6.54 Å². The topological polar surface area (TPSA) is 47.3 Å². The first kappa shape index (κ1) is 11.1. The van der Waals surface area contributed by atoms with Gasteiger partial charge in [0.1, 0.15) is 11.9 Å². The number of nitrogens with one attached hydrogen (secondary N) is 1. The maximum absolute atomic E-state index is 6.10. The van der Waals surface area contributed by atoms with E-state index in [1.807, 2.05) is 24.3 Å². The Labute approximate surface area is 102 Å². The fourth-order valence-electron chi connectivity index (χ4n) is 2.99. The summed E-state index contributed by atoms with van der Waals surface area (Å²) in [5.74, 6) is 1.68. The zero-order valence-electron chi connectivity index (χ0n) is 10.1. The number of fused-ring (bicyclic) bond motifs is 2. The van der Waals surface area contributed by atoms with E-state index in [9.17, 15) is 0 Å². The third-order valence-electron chi connectivity index (χ3n) is 4.03. The van der Waals surface area contributed by atoms with Crippen LogP contribution in [0.15, 0.2) is 24.3 Å². The Morgan fingerprint density at radius 3 is 2.82 bits per heavy atom. The van der Waals surface area contributed by atoms with E-state index in [1.54, 1.807) is 0 Å². The van der Waals surface area contributed by atoms with Gasteiger partial charge in [-0.3, -0.25) is 0 Å². The average Bonchev–Trinajstić information content (AvgIpc) is 2.77. The molecule has 1 aliphatic carbocycles. The molecule has 2 fully saturated rings. The second-order valence-electron chi connectivity index (χ2n) is 5.18. The smallest absolute Gasteiger partial charge is 0.119 e. The third kappa shape index (κ3) is 2.31. The van der Waals surface area contributed by atoms with Gasteiger partial charge in [-0.1, -0.05) is 12.1 Å². The van der Waals surface area contributed by atoms with E-state index in [2.05, 4.69) is 5.32 Å². The Kier molecular flexibility index (Phi) is 3.04. The minimum atomic E-state index is 0.393. The molecule has 2 bridgehead atoms. The van der Waals surface area contributed by atoms with Crippen molar-refractivity contribution in [1.82, 2.24) is 5.32 Å². The lowest BCUT2D eigenvalue weighted by Gasteiger charge is -2.28. The van der Waals surface area contributed by atoms with Crippen molar-refractivity contribution in [3.8, 4) is 5.75 Å². The Hall–Kier alpha value is -1.06. The lowest BCUT2D eigenvalue weighted by molar-refractivity contribution is 0.113. The van der Waals surface area contributed by atoms with Gasteiger partial charge >= 0.3 is 0 Å². The van der Waals surface area contributed by atoms with Crippen LogP contribution in [0.2, 0.25) is 0 Å². The van der Waals surface area contributed by atoms with Gasteiger partial charge in [-0.05, 0) is 37.0 Å². The van der Waals surface area contributed by atoms with E-state index in [0.717, 1.165) is 23.9 Å². The molecule has 0 radical (unpaired) electrons. The largest absolute Gasteiger partial charge is 0.490 e. The van der Waals surface area contributed by atoms with Crippen LogP contribution >= 0.6 is 0 Å². The highest BCUT2D eigenvalue weighted by Crippen LogP contribution is 2.32. The van der Waals surface area contributed by atoms with Crippen LogP contribution in [-0.2, 0) is 6.54 Å². The predicted octanol–water partition coefficient (Wildman–Crippen LogP) is 1.66. The Bertz CT molecular complexity index is 376. The Morgan fingerprint density at radius 2 is 2.06 bits per heavy atom. The SMILES string of the molecule is NCc1ccc(OC2CCC3CC2CN3)cc1. The van der Waals surface area contributed by atoms with Crippen LogP contribution in [0, 0.1) is 5.92 Å². The molecule has 1 heterocycles. The van der Waals surface area contributed by atoms with Gasteiger partial charge < -0.3 is 15.8 Å². The summed E-state index contributed by atoms with van der Waals surface area (Å²) in [7, 11) is 0. The van der Waals surface area contributed by atoms with E-state index < -0.39 is 0 Å². The molecule has 1 aliphatic heterocycles. The molecular formula is C14H20N2O. The van der Waals surface area contributed by atoms with Crippen molar-refractivity contribution in [1.29, 1.82) is 0 Å². The minimum Gasteiger partial charge on any atom is -0.490 e. The molecule has 0 spiro atoms. The molecule has 3 rings (SSSR count). The minimum absolute atomic E-state index is 0.393. The standard InChI is InChI=1S/C14H20N2O/c15-8-10-1-4-13(5-2-10)17-14-6-3-12-7-11(14)9-16-12/h1-2,4-5,11-12,14,16H,3,6-9,15H2. The highest BCUT2D eigenvalue weighted by Gasteiger charge is 2.36. The van der Waals surface area contributed by atoms with Gasteiger partial charge in [0.25, 0.3) is 0 Å². The first-order valence-electron chi connectivity index (χ1n) is 6.54. The normalized spacial score (nSPS) is 31.5. The molecular weight excluding hydrogens is 212 g/mol. The Morgan fingerprint density at radius 1 is 1.24 bits per heavy atom. The van der Waals surface area contributed by atoms with Gasteiger partial charge in [-0.25, -0.2) is 0 Å². The highest BCUT2D eigenvalue weighted by atomic mass is 16.5. The van der Waals surface area contributed by atoms with Gasteiger partial charge in [0.05, 0.1) is 0 Å². The molecule has 1 aromatic rings. The van der Waals surface area contributed by atoms with E-state index in [-0.39, 0.29) is 0 Å². The van der Waals surface area contributed by atoms with Crippen molar-refractivity contribution >= 4 is 0 Å². The average molecular weight is 232 g/mol. The second-order valence-corrected chi connectivity index (χ2v) is 5.18. The molecule has 2 aliphatic rings. The molecule has 3 heteroatoms. The van der Waals surface area contributed by atoms with Crippen molar-refractivity contribution in [3.63, 3.8) is 0 Å². The zero-order chi connectivity index (χ0) is 11.7. The number of benzene rings is 1. The number of hydrogen-bond donors (Lipinski definition) is 2. The van der Waals surface area contributed by atoms with Crippen LogP contribution in [0.4, 0.5) is 0 Å². The van der Waals surface area contributed by atoms with E-state index in [0.29, 0.717) is 18.6 Å². The molecule has 1 saturated carbocycles. The van der Waals surface area contributed by atoms with Crippen LogP contribution in [0.1, 0.15) is 24.8 Å². The second kappa shape index (κ2) is 4.67. The van der Waals surface area contributed by atoms with Gasteiger partial charge in [0.15, 0.2) is 0 Å². The highest BCUT2D eigenvalue weighted by molar-refractivity contribution is 5.27. The summed E-state index contributed by atoms with van der Waals surface area (Å²) in [6.07, 6.45) is 4.11. The molecule has 92 valence electrons. The number of nitrogens with two attached hydrogens (primary N) is 1. The van der Waals surface area contributed by atoms with Crippen LogP contribution in [-0.4, -0.2) is 18.7 Å². The zero-order valence-corrected chi connectivity index (χ0v) is 10.1. The molecule has 0 amide bonds.